The molecule has 1 amide bonds. The summed E-state index contributed by atoms with van der Waals surface area (Å²) in [4.78, 5) is 22.6. The highest BCUT2D eigenvalue weighted by molar-refractivity contribution is 7.87. The number of rotatable bonds is 5. The molecule has 3 rings (SSSR count). The van der Waals surface area contributed by atoms with Gasteiger partial charge in [-0.1, -0.05) is 0 Å². The molecule has 3 aromatic rings. The number of halogens is 3. The van der Waals surface area contributed by atoms with Crippen molar-refractivity contribution in [1.82, 2.24) is 5.32 Å². The number of amides is 1. The van der Waals surface area contributed by atoms with Crippen molar-refractivity contribution in [3.63, 3.8) is 0 Å². The molecule has 0 aliphatic heterocycles. The quantitative estimate of drug-likeness (QED) is 0.496. The maximum Gasteiger partial charge on any atom is 0.405 e. The predicted molar refractivity (Wildman–Crippen MR) is 95.1 cm³/mol. The van der Waals surface area contributed by atoms with E-state index in [0.717, 1.165) is 24.3 Å². The minimum absolute atomic E-state index is 0.112. The summed E-state index contributed by atoms with van der Waals surface area (Å²) in [5, 5.41) is 2.24. The molecule has 152 valence electrons. The molecule has 29 heavy (non-hydrogen) atoms. The SMILES string of the molecule is O=C(NCC(F)(F)F)c1ccc(S(=O)(=O)Oc2ccc3ccc(=O)oc3c2)cc1. The Morgan fingerprint density at radius 3 is 2.34 bits per heavy atom. The van der Waals surface area contributed by atoms with Crippen molar-refractivity contribution < 1.29 is 35.0 Å². The zero-order valence-corrected chi connectivity index (χ0v) is 15.2. The van der Waals surface area contributed by atoms with E-state index in [1.54, 1.807) is 5.32 Å². The second-order valence-electron chi connectivity index (χ2n) is 5.81. The van der Waals surface area contributed by atoms with E-state index in [0.29, 0.717) is 5.39 Å². The van der Waals surface area contributed by atoms with Crippen LogP contribution in [-0.2, 0) is 10.1 Å². The Morgan fingerprint density at radius 1 is 1.03 bits per heavy atom. The monoisotopic (exact) mass is 427 g/mol. The van der Waals surface area contributed by atoms with E-state index in [1.165, 1.54) is 30.3 Å². The zero-order valence-electron chi connectivity index (χ0n) is 14.4. The van der Waals surface area contributed by atoms with Gasteiger partial charge < -0.3 is 13.9 Å². The van der Waals surface area contributed by atoms with Crippen molar-refractivity contribution in [2.75, 3.05) is 6.54 Å². The summed E-state index contributed by atoms with van der Waals surface area (Å²) in [5.74, 6) is -1.12. The molecule has 0 unspecified atom stereocenters. The summed E-state index contributed by atoms with van der Waals surface area (Å²) >= 11 is 0. The Labute approximate surface area is 161 Å². The van der Waals surface area contributed by atoms with Crippen LogP contribution in [0.4, 0.5) is 13.2 Å². The molecule has 1 N–H and O–H groups in total. The third kappa shape index (κ3) is 5.13. The van der Waals surface area contributed by atoms with Crippen molar-refractivity contribution in [2.24, 2.45) is 0 Å². The van der Waals surface area contributed by atoms with Gasteiger partial charge in [0, 0.05) is 23.1 Å². The van der Waals surface area contributed by atoms with Gasteiger partial charge in [0.2, 0.25) is 0 Å². The van der Waals surface area contributed by atoms with E-state index in [2.05, 4.69) is 0 Å². The highest BCUT2D eigenvalue weighted by Crippen LogP contribution is 2.23. The van der Waals surface area contributed by atoms with Crippen LogP contribution < -0.4 is 15.1 Å². The number of hydrogen-bond acceptors (Lipinski definition) is 6. The van der Waals surface area contributed by atoms with Crippen LogP contribution in [0.3, 0.4) is 0 Å². The van der Waals surface area contributed by atoms with Gasteiger partial charge in [-0.3, -0.25) is 4.79 Å². The molecule has 2 aromatic carbocycles. The molecule has 1 heterocycles. The lowest BCUT2D eigenvalue weighted by molar-refractivity contribution is -0.123. The van der Waals surface area contributed by atoms with Crippen molar-refractivity contribution in [2.45, 2.75) is 11.1 Å². The van der Waals surface area contributed by atoms with Crippen molar-refractivity contribution in [1.29, 1.82) is 0 Å². The number of carbonyl (C=O) groups excluding carboxylic acids is 1. The Kier molecular flexibility index (Phi) is 5.33. The number of alkyl halides is 3. The molecule has 0 saturated carbocycles. The molecule has 1 aromatic heterocycles. The summed E-state index contributed by atoms with van der Waals surface area (Å²) in [6.07, 6.45) is -4.56. The minimum atomic E-state index is -4.56. The lowest BCUT2D eigenvalue weighted by Crippen LogP contribution is -2.33. The number of benzene rings is 2. The van der Waals surface area contributed by atoms with E-state index in [9.17, 15) is 31.2 Å². The number of fused-ring (bicyclic) bond motifs is 1. The van der Waals surface area contributed by atoms with Gasteiger partial charge in [0.1, 0.15) is 22.8 Å². The Hall–Kier alpha value is -3.34. The molecule has 0 bridgehead atoms. The van der Waals surface area contributed by atoms with Crippen LogP contribution in [-0.4, -0.2) is 27.0 Å². The highest BCUT2D eigenvalue weighted by atomic mass is 32.2. The van der Waals surface area contributed by atoms with Crippen LogP contribution in [0.2, 0.25) is 0 Å². The first-order chi connectivity index (χ1) is 13.5. The number of nitrogens with one attached hydrogen (secondary N) is 1. The van der Waals surface area contributed by atoms with Crippen LogP contribution in [0.15, 0.2) is 68.7 Å². The van der Waals surface area contributed by atoms with Crippen molar-refractivity contribution in [3.05, 3.63) is 70.6 Å². The molecule has 0 fully saturated rings. The second-order valence-corrected chi connectivity index (χ2v) is 7.36. The number of carbonyl (C=O) groups is 1. The first-order valence-electron chi connectivity index (χ1n) is 7.97. The van der Waals surface area contributed by atoms with E-state index >= 15 is 0 Å². The standard InChI is InChI=1S/C18H12F3NO6S/c19-18(20,21)10-22-17(24)12-2-6-14(7-3-12)29(25,26)28-13-5-1-11-4-8-16(23)27-15(11)9-13/h1-9H,10H2,(H,22,24). The van der Waals surface area contributed by atoms with E-state index < -0.39 is 34.4 Å². The Balaban J connectivity index is 1.77. The van der Waals surface area contributed by atoms with E-state index in [1.807, 2.05) is 0 Å². The van der Waals surface area contributed by atoms with E-state index in [-0.39, 0.29) is 21.8 Å². The predicted octanol–water partition coefficient (Wildman–Crippen LogP) is 2.85. The fourth-order valence-electron chi connectivity index (χ4n) is 2.32. The molecule has 11 heteroatoms. The van der Waals surface area contributed by atoms with E-state index in [4.69, 9.17) is 8.60 Å². The van der Waals surface area contributed by atoms with Crippen molar-refractivity contribution in [3.8, 4) is 5.75 Å². The van der Waals surface area contributed by atoms with Gasteiger partial charge in [0.15, 0.2) is 0 Å². The van der Waals surface area contributed by atoms with Gasteiger partial charge in [0.25, 0.3) is 5.91 Å². The maximum atomic E-state index is 12.4. The smallest absolute Gasteiger partial charge is 0.405 e. The molecule has 0 saturated heterocycles. The first-order valence-corrected chi connectivity index (χ1v) is 9.38. The topological polar surface area (TPSA) is 103 Å². The molecule has 0 aliphatic carbocycles. The van der Waals surface area contributed by atoms with Crippen molar-refractivity contribution >= 4 is 27.0 Å². The van der Waals surface area contributed by atoms with Gasteiger partial charge in [-0.15, -0.1) is 0 Å². The second kappa shape index (κ2) is 7.59. The van der Waals surface area contributed by atoms with Gasteiger partial charge in [0.05, 0.1) is 0 Å². The third-order valence-corrected chi connectivity index (χ3v) is 4.92. The molecular formula is C18H12F3NO6S. The number of hydrogen-bond donors (Lipinski definition) is 1. The fourth-order valence-corrected chi connectivity index (χ4v) is 3.25. The van der Waals surface area contributed by atoms with Gasteiger partial charge in [-0.05, 0) is 42.5 Å². The van der Waals surface area contributed by atoms with Gasteiger partial charge >= 0.3 is 21.9 Å². The fraction of sp³-hybridized carbons (Fsp3) is 0.111. The highest BCUT2D eigenvalue weighted by Gasteiger charge is 2.28. The molecule has 0 radical (unpaired) electrons. The third-order valence-electron chi connectivity index (χ3n) is 3.66. The summed E-state index contributed by atoms with van der Waals surface area (Å²) in [6, 6.07) is 11.0. The summed E-state index contributed by atoms with van der Waals surface area (Å²) < 4.78 is 71.1. The van der Waals surface area contributed by atoms with Gasteiger partial charge in [-0.25, -0.2) is 4.79 Å². The molecule has 0 aliphatic rings. The van der Waals surface area contributed by atoms with Crippen LogP contribution in [0, 0.1) is 0 Å². The summed E-state index contributed by atoms with van der Waals surface area (Å²) in [7, 11) is -4.30. The van der Waals surface area contributed by atoms with Gasteiger partial charge in [-0.2, -0.15) is 21.6 Å². The van der Waals surface area contributed by atoms with Crippen LogP contribution in [0.5, 0.6) is 5.75 Å². The molecule has 0 atom stereocenters. The summed E-state index contributed by atoms with van der Waals surface area (Å²) in [6.45, 7) is -1.51. The van der Waals surface area contributed by atoms with Crippen LogP contribution >= 0.6 is 0 Å². The first kappa shape index (κ1) is 20.4. The normalized spacial score (nSPS) is 12.0. The lowest BCUT2D eigenvalue weighted by Gasteiger charge is -2.10. The Morgan fingerprint density at radius 2 is 1.69 bits per heavy atom. The largest absolute Gasteiger partial charge is 0.423 e. The molecule has 0 spiro atoms. The molecular weight excluding hydrogens is 415 g/mol. The summed E-state index contributed by atoms with van der Waals surface area (Å²) in [5.41, 5.74) is -0.639. The average Bonchev–Trinajstić information content (AvgIpc) is 2.65. The van der Waals surface area contributed by atoms with Crippen LogP contribution in [0.25, 0.3) is 11.0 Å². The average molecular weight is 427 g/mol. The van der Waals surface area contributed by atoms with Crippen LogP contribution in [0.1, 0.15) is 10.4 Å². The zero-order chi connectivity index (χ0) is 21.2. The molecule has 7 nitrogen and oxygen atoms in total. The lowest BCUT2D eigenvalue weighted by atomic mass is 10.2. The Bertz CT molecular complexity index is 1220. The minimum Gasteiger partial charge on any atom is -0.423 e. The maximum absolute atomic E-state index is 12.4.